The van der Waals surface area contributed by atoms with Gasteiger partial charge < -0.3 is 14.5 Å². The average molecular weight is 240 g/mol. The van der Waals surface area contributed by atoms with Gasteiger partial charge in [0.15, 0.2) is 0 Å². The summed E-state index contributed by atoms with van der Waals surface area (Å²) in [6, 6.07) is 1.04. The summed E-state index contributed by atoms with van der Waals surface area (Å²) in [6.45, 7) is 2.67. The van der Waals surface area contributed by atoms with E-state index in [1.54, 1.807) is 7.11 Å². The molecular formula is C13H24N2O2. The Morgan fingerprint density at radius 1 is 1.24 bits per heavy atom. The lowest BCUT2D eigenvalue weighted by molar-refractivity contribution is -0.133. The maximum atomic E-state index is 12.1. The number of carbonyl (C=O) groups excluding carboxylic acids is 1. The highest BCUT2D eigenvalue weighted by Gasteiger charge is 2.37. The molecule has 1 amide bonds. The lowest BCUT2D eigenvalue weighted by Crippen LogP contribution is -2.47. The van der Waals surface area contributed by atoms with Crippen LogP contribution in [-0.2, 0) is 9.53 Å². The molecule has 2 rings (SSSR count). The second-order valence-electron chi connectivity index (χ2n) is 5.23. The van der Waals surface area contributed by atoms with Gasteiger partial charge in [0.1, 0.15) is 0 Å². The van der Waals surface area contributed by atoms with E-state index in [0.717, 1.165) is 13.0 Å². The number of carbonyl (C=O) groups is 1. The number of likely N-dealkylation sites (tertiary alicyclic amines) is 2. The Kier molecular flexibility index (Phi) is 4.40. The zero-order valence-electron chi connectivity index (χ0n) is 11.0. The molecule has 0 N–H and O–H groups in total. The number of hydrogen-bond donors (Lipinski definition) is 0. The van der Waals surface area contributed by atoms with E-state index in [0.29, 0.717) is 25.1 Å². The average Bonchev–Trinajstić information content (AvgIpc) is 2.93. The Morgan fingerprint density at radius 3 is 2.59 bits per heavy atom. The fraction of sp³-hybridized carbons (Fsp3) is 0.923. The van der Waals surface area contributed by atoms with E-state index in [1.807, 2.05) is 0 Å². The van der Waals surface area contributed by atoms with Crippen molar-refractivity contribution in [1.82, 2.24) is 9.80 Å². The minimum atomic E-state index is 0.273. The number of rotatable bonds is 4. The van der Waals surface area contributed by atoms with Crippen LogP contribution < -0.4 is 0 Å². The summed E-state index contributed by atoms with van der Waals surface area (Å²) >= 11 is 0. The molecule has 0 aromatic rings. The molecule has 2 aliphatic heterocycles. The van der Waals surface area contributed by atoms with E-state index in [2.05, 4.69) is 16.8 Å². The summed E-state index contributed by atoms with van der Waals surface area (Å²) in [7, 11) is 3.84. The Bertz CT molecular complexity index is 270. The van der Waals surface area contributed by atoms with Gasteiger partial charge in [-0.3, -0.25) is 4.79 Å². The van der Waals surface area contributed by atoms with Crippen molar-refractivity contribution in [3.05, 3.63) is 0 Å². The number of amides is 1. The van der Waals surface area contributed by atoms with Crippen LogP contribution in [0.1, 0.15) is 32.1 Å². The van der Waals surface area contributed by atoms with Crippen molar-refractivity contribution in [3.8, 4) is 0 Å². The Labute approximate surface area is 104 Å². The number of ether oxygens (including phenoxy) is 1. The normalized spacial score (nSPS) is 30.1. The molecule has 0 aromatic heterocycles. The van der Waals surface area contributed by atoms with Gasteiger partial charge in [0.25, 0.3) is 0 Å². The van der Waals surface area contributed by atoms with Crippen molar-refractivity contribution < 1.29 is 9.53 Å². The number of likely N-dealkylation sites (N-methyl/N-ethyl adjacent to an activating group) is 1. The first-order valence-electron chi connectivity index (χ1n) is 6.72. The Morgan fingerprint density at radius 2 is 1.94 bits per heavy atom. The second-order valence-corrected chi connectivity index (χ2v) is 5.23. The van der Waals surface area contributed by atoms with Crippen molar-refractivity contribution in [2.75, 3.05) is 33.9 Å². The highest BCUT2D eigenvalue weighted by atomic mass is 16.5. The van der Waals surface area contributed by atoms with Gasteiger partial charge in [0.2, 0.25) is 5.91 Å². The maximum Gasteiger partial charge on any atom is 0.225 e. The van der Waals surface area contributed by atoms with Crippen molar-refractivity contribution in [2.45, 2.75) is 44.2 Å². The summed E-state index contributed by atoms with van der Waals surface area (Å²) in [6.07, 6.45) is 5.39. The molecule has 2 aliphatic rings. The van der Waals surface area contributed by atoms with Gasteiger partial charge in [0.05, 0.1) is 13.0 Å². The van der Waals surface area contributed by atoms with Crippen molar-refractivity contribution >= 4 is 5.91 Å². The third-order valence-corrected chi connectivity index (χ3v) is 4.16. The molecule has 0 saturated carbocycles. The van der Waals surface area contributed by atoms with Crippen molar-refractivity contribution in [2.24, 2.45) is 0 Å². The van der Waals surface area contributed by atoms with E-state index in [1.165, 1.54) is 25.8 Å². The predicted octanol–water partition coefficient (Wildman–Crippen LogP) is 1.11. The SMILES string of the molecule is COCCC(=O)N1CCC[C@@H]1[C@@H]1CCCN1C. The van der Waals surface area contributed by atoms with Gasteiger partial charge in [-0.15, -0.1) is 0 Å². The van der Waals surface area contributed by atoms with E-state index in [-0.39, 0.29) is 5.91 Å². The van der Waals surface area contributed by atoms with Crippen LogP contribution in [0.25, 0.3) is 0 Å². The molecule has 2 saturated heterocycles. The zero-order valence-corrected chi connectivity index (χ0v) is 11.0. The lowest BCUT2D eigenvalue weighted by atomic mass is 10.0. The molecule has 0 aliphatic carbocycles. The van der Waals surface area contributed by atoms with Crippen LogP contribution in [0, 0.1) is 0 Å². The zero-order chi connectivity index (χ0) is 12.3. The van der Waals surface area contributed by atoms with Crippen molar-refractivity contribution in [3.63, 3.8) is 0 Å². The molecule has 4 nitrogen and oxygen atoms in total. The molecule has 2 fully saturated rings. The third-order valence-electron chi connectivity index (χ3n) is 4.16. The first kappa shape index (κ1) is 12.8. The molecular weight excluding hydrogens is 216 g/mol. The molecule has 2 heterocycles. The van der Waals surface area contributed by atoms with Crippen molar-refractivity contribution in [1.29, 1.82) is 0 Å². The predicted molar refractivity (Wildman–Crippen MR) is 66.9 cm³/mol. The maximum absolute atomic E-state index is 12.1. The van der Waals surface area contributed by atoms with Gasteiger partial charge in [-0.25, -0.2) is 0 Å². The summed E-state index contributed by atoms with van der Waals surface area (Å²) in [4.78, 5) is 16.6. The van der Waals surface area contributed by atoms with Gasteiger partial charge >= 0.3 is 0 Å². The third kappa shape index (κ3) is 2.80. The van der Waals surface area contributed by atoms with Crippen LogP contribution in [0.4, 0.5) is 0 Å². The van der Waals surface area contributed by atoms with Crippen LogP contribution in [0.3, 0.4) is 0 Å². The lowest BCUT2D eigenvalue weighted by Gasteiger charge is -2.33. The fourth-order valence-corrected chi connectivity index (χ4v) is 3.26. The smallest absolute Gasteiger partial charge is 0.225 e. The summed E-state index contributed by atoms with van der Waals surface area (Å²) < 4.78 is 5.00. The number of methoxy groups -OCH3 is 1. The molecule has 4 heteroatoms. The number of nitrogens with zero attached hydrogens (tertiary/aromatic N) is 2. The van der Waals surface area contributed by atoms with Gasteiger partial charge in [-0.1, -0.05) is 0 Å². The van der Waals surface area contributed by atoms with Crippen LogP contribution in [-0.4, -0.2) is 61.6 Å². The molecule has 0 bridgehead atoms. The standard InChI is InChI=1S/C13H24N2O2/c1-14-8-3-5-11(14)12-6-4-9-15(12)13(16)7-10-17-2/h11-12H,3-10H2,1-2H3/t11-,12+/m0/s1. The Hall–Kier alpha value is -0.610. The largest absolute Gasteiger partial charge is 0.384 e. The molecule has 0 aromatic carbocycles. The second kappa shape index (κ2) is 5.83. The molecule has 98 valence electrons. The topological polar surface area (TPSA) is 32.8 Å². The monoisotopic (exact) mass is 240 g/mol. The molecule has 0 spiro atoms. The fourth-order valence-electron chi connectivity index (χ4n) is 3.26. The van der Waals surface area contributed by atoms with Gasteiger partial charge in [-0.05, 0) is 39.3 Å². The van der Waals surface area contributed by atoms with Crippen LogP contribution in [0.5, 0.6) is 0 Å². The van der Waals surface area contributed by atoms with Crippen LogP contribution in [0.15, 0.2) is 0 Å². The molecule has 0 unspecified atom stereocenters. The first-order valence-corrected chi connectivity index (χ1v) is 6.72. The summed E-state index contributed by atoms with van der Waals surface area (Å²) in [5.41, 5.74) is 0. The summed E-state index contributed by atoms with van der Waals surface area (Å²) in [5, 5.41) is 0. The first-order chi connectivity index (χ1) is 8.24. The molecule has 2 atom stereocenters. The van der Waals surface area contributed by atoms with E-state index < -0.39 is 0 Å². The molecule has 17 heavy (non-hydrogen) atoms. The van der Waals surface area contributed by atoms with Crippen LogP contribution >= 0.6 is 0 Å². The highest BCUT2D eigenvalue weighted by molar-refractivity contribution is 5.77. The number of hydrogen-bond acceptors (Lipinski definition) is 3. The van der Waals surface area contributed by atoms with Crippen LogP contribution in [0.2, 0.25) is 0 Å². The molecule has 0 radical (unpaired) electrons. The van der Waals surface area contributed by atoms with Gasteiger partial charge in [-0.2, -0.15) is 0 Å². The quantitative estimate of drug-likeness (QED) is 0.738. The minimum Gasteiger partial charge on any atom is -0.384 e. The Balaban J connectivity index is 1.94. The minimum absolute atomic E-state index is 0.273. The highest BCUT2D eigenvalue weighted by Crippen LogP contribution is 2.29. The van der Waals surface area contributed by atoms with E-state index >= 15 is 0 Å². The van der Waals surface area contributed by atoms with E-state index in [9.17, 15) is 4.79 Å². The summed E-state index contributed by atoms with van der Waals surface area (Å²) in [5.74, 6) is 0.273. The van der Waals surface area contributed by atoms with E-state index in [4.69, 9.17) is 4.74 Å². The van der Waals surface area contributed by atoms with Gasteiger partial charge in [0, 0.05) is 25.7 Å².